The standard InChI is InChI=1S/C16H23NO2/c1-12-3-6-14(7-4-12)17(2)10-13-5-8-15-16(9-13)19-11-18-15/h5,8-9,12,14H,3-4,6-7,10-11H2,1-2H3/t12-,14-. The molecule has 0 unspecified atom stereocenters. The first-order valence-electron chi connectivity index (χ1n) is 7.31. The zero-order valence-corrected chi connectivity index (χ0v) is 11.9. The Balaban J connectivity index is 1.61. The van der Waals surface area contributed by atoms with Crippen molar-refractivity contribution in [2.24, 2.45) is 5.92 Å². The highest BCUT2D eigenvalue weighted by molar-refractivity contribution is 5.44. The Morgan fingerprint density at radius 2 is 1.84 bits per heavy atom. The van der Waals surface area contributed by atoms with E-state index in [4.69, 9.17) is 9.47 Å². The molecular formula is C16H23NO2. The third-order valence-electron chi connectivity index (χ3n) is 4.48. The van der Waals surface area contributed by atoms with Gasteiger partial charge in [-0.2, -0.15) is 0 Å². The molecule has 1 fully saturated rings. The van der Waals surface area contributed by atoms with Gasteiger partial charge >= 0.3 is 0 Å². The lowest BCUT2D eigenvalue weighted by Gasteiger charge is -2.33. The minimum Gasteiger partial charge on any atom is -0.454 e. The predicted molar refractivity (Wildman–Crippen MR) is 75.5 cm³/mol. The lowest BCUT2D eigenvalue weighted by Crippen LogP contribution is -2.34. The summed E-state index contributed by atoms with van der Waals surface area (Å²) in [7, 11) is 2.24. The van der Waals surface area contributed by atoms with Gasteiger partial charge in [0.15, 0.2) is 11.5 Å². The third kappa shape index (κ3) is 2.86. The molecule has 0 spiro atoms. The van der Waals surface area contributed by atoms with Crippen LogP contribution >= 0.6 is 0 Å². The Kier molecular flexibility index (Phi) is 3.65. The minimum absolute atomic E-state index is 0.356. The molecule has 2 aliphatic rings. The summed E-state index contributed by atoms with van der Waals surface area (Å²) in [4.78, 5) is 2.49. The quantitative estimate of drug-likeness (QED) is 0.832. The van der Waals surface area contributed by atoms with Gasteiger partial charge in [-0.3, -0.25) is 4.90 Å². The summed E-state index contributed by atoms with van der Waals surface area (Å²) in [6, 6.07) is 7.02. The number of nitrogens with zero attached hydrogens (tertiary/aromatic N) is 1. The van der Waals surface area contributed by atoms with E-state index < -0.39 is 0 Å². The molecule has 0 bridgehead atoms. The molecule has 0 N–H and O–H groups in total. The highest BCUT2D eigenvalue weighted by atomic mass is 16.7. The molecule has 1 aromatic carbocycles. The van der Waals surface area contributed by atoms with E-state index in [9.17, 15) is 0 Å². The number of fused-ring (bicyclic) bond motifs is 1. The Hall–Kier alpha value is -1.22. The Morgan fingerprint density at radius 3 is 2.63 bits per heavy atom. The van der Waals surface area contributed by atoms with Gasteiger partial charge in [-0.15, -0.1) is 0 Å². The van der Waals surface area contributed by atoms with Gasteiger partial charge in [0, 0.05) is 12.6 Å². The number of benzene rings is 1. The number of rotatable bonds is 3. The van der Waals surface area contributed by atoms with Crippen LogP contribution in [0.3, 0.4) is 0 Å². The van der Waals surface area contributed by atoms with E-state index in [1.807, 2.05) is 6.07 Å². The van der Waals surface area contributed by atoms with Crippen LogP contribution in [0.25, 0.3) is 0 Å². The summed E-state index contributed by atoms with van der Waals surface area (Å²) >= 11 is 0. The fourth-order valence-electron chi connectivity index (χ4n) is 3.14. The second-order valence-corrected chi connectivity index (χ2v) is 6.02. The van der Waals surface area contributed by atoms with Gasteiger partial charge in [0.1, 0.15) is 0 Å². The predicted octanol–water partition coefficient (Wildman–Crippen LogP) is 3.43. The van der Waals surface area contributed by atoms with Crippen molar-refractivity contribution in [1.29, 1.82) is 0 Å². The Bertz CT molecular complexity index is 438. The van der Waals surface area contributed by atoms with Crippen LogP contribution in [0.5, 0.6) is 11.5 Å². The van der Waals surface area contributed by atoms with Crippen molar-refractivity contribution in [1.82, 2.24) is 4.90 Å². The van der Waals surface area contributed by atoms with Crippen molar-refractivity contribution in [3.05, 3.63) is 23.8 Å². The monoisotopic (exact) mass is 261 g/mol. The largest absolute Gasteiger partial charge is 0.454 e. The maximum Gasteiger partial charge on any atom is 0.231 e. The zero-order chi connectivity index (χ0) is 13.2. The highest BCUT2D eigenvalue weighted by Crippen LogP contribution is 2.33. The molecule has 3 rings (SSSR count). The van der Waals surface area contributed by atoms with Gasteiger partial charge in [-0.25, -0.2) is 0 Å². The van der Waals surface area contributed by atoms with E-state index in [0.29, 0.717) is 6.79 Å². The molecule has 0 atom stereocenters. The lowest BCUT2D eigenvalue weighted by molar-refractivity contribution is 0.163. The van der Waals surface area contributed by atoms with E-state index >= 15 is 0 Å². The van der Waals surface area contributed by atoms with Crippen LogP contribution in [0, 0.1) is 5.92 Å². The normalized spacial score (nSPS) is 25.8. The van der Waals surface area contributed by atoms with Gasteiger partial charge in [-0.05, 0) is 56.3 Å². The summed E-state index contributed by atoms with van der Waals surface area (Å²) < 4.78 is 10.8. The van der Waals surface area contributed by atoms with Crippen LogP contribution in [0.2, 0.25) is 0 Å². The molecule has 1 saturated carbocycles. The lowest BCUT2D eigenvalue weighted by atomic mass is 9.86. The highest BCUT2D eigenvalue weighted by Gasteiger charge is 2.22. The number of hydrogen-bond donors (Lipinski definition) is 0. The van der Waals surface area contributed by atoms with Crippen LogP contribution in [0.4, 0.5) is 0 Å². The second kappa shape index (κ2) is 5.41. The average Bonchev–Trinajstić information content (AvgIpc) is 2.87. The van der Waals surface area contributed by atoms with Gasteiger partial charge in [0.25, 0.3) is 0 Å². The van der Waals surface area contributed by atoms with Crippen molar-refractivity contribution in [2.45, 2.75) is 45.2 Å². The second-order valence-electron chi connectivity index (χ2n) is 6.02. The average molecular weight is 261 g/mol. The molecule has 1 aromatic rings. The molecule has 0 saturated heterocycles. The fraction of sp³-hybridized carbons (Fsp3) is 0.625. The van der Waals surface area contributed by atoms with Crippen molar-refractivity contribution in [2.75, 3.05) is 13.8 Å². The van der Waals surface area contributed by atoms with Crippen LogP contribution in [-0.2, 0) is 6.54 Å². The molecule has 1 aliphatic heterocycles. The van der Waals surface area contributed by atoms with Gasteiger partial charge in [0.05, 0.1) is 0 Å². The maximum absolute atomic E-state index is 5.44. The summed E-state index contributed by atoms with van der Waals surface area (Å²) in [5, 5.41) is 0. The van der Waals surface area contributed by atoms with E-state index in [-0.39, 0.29) is 0 Å². The smallest absolute Gasteiger partial charge is 0.231 e. The van der Waals surface area contributed by atoms with Gasteiger partial charge < -0.3 is 9.47 Å². The van der Waals surface area contributed by atoms with Crippen molar-refractivity contribution < 1.29 is 9.47 Å². The van der Waals surface area contributed by atoms with Gasteiger partial charge in [-0.1, -0.05) is 13.0 Å². The molecule has 1 heterocycles. The van der Waals surface area contributed by atoms with E-state index in [2.05, 4.69) is 31.0 Å². The minimum atomic E-state index is 0.356. The first kappa shape index (κ1) is 12.8. The molecule has 3 nitrogen and oxygen atoms in total. The van der Waals surface area contributed by atoms with E-state index in [0.717, 1.165) is 30.0 Å². The van der Waals surface area contributed by atoms with Crippen molar-refractivity contribution in [3.8, 4) is 11.5 Å². The Morgan fingerprint density at radius 1 is 1.11 bits per heavy atom. The summed E-state index contributed by atoms with van der Waals surface area (Å²) in [6.07, 6.45) is 5.41. The van der Waals surface area contributed by atoms with Crippen LogP contribution in [0.15, 0.2) is 18.2 Å². The number of ether oxygens (including phenoxy) is 2. The molecule has 104 valence electrons. The molecule has 0 radical (unpaired) electrons. The molecule has 19 heavy (non-hydrogen) atoms. The van der Waals surface area contributed by atoms with Crippen molar-refractivity contribution >= 4 is 0 Å². The van der Waals surface area contributed by atoms with Gasteiger partial charge in [0.2, 0.25) is 6.79 Å². The summed E-state index contributed by atoms with van der Waals surface area (Å²) in [5.74, 6) is 2.68. The summed E-state index contributed by atoms with van der Waals surface area (Å²) in [5.41, 5.74) is 1.31. The molecule has 3 heteroatoms. The van der Waals surface area contributed by atoms with Crippen LogP contribution in [0.1, 0.15) is 38.2 Å². The molecular weight excluding hydrogens is 238 g/mol. The molecule has 0 amide bonds. The first-order valence-corrected chi connectivity index (χ1v) is 7.31. The van der Waals surface area contributed by atoms with Crippen LogP contribution < -0.4 is 9.47 Å². The molecule has 0 aromatic heterocycles. The third-order valence-corrected chi connectivity index (χ3v) is 4.48. The summed E-state index contributed by atoms with van der Waals surface area (Å²) in [6.45, 7) is 3.72. The zero-order valence-electron chi connectivity index (χ0n) is 11.9. The fourth-order valence-corrected chi connectivity index (χ4v) is 3.14. The topological polar surface area (TPSA) is 21.7 Å². The van der Waals surface area contributed by atoms with E-state index in [1.165, 1.54) is 31.2 Å². The Labute approximate surface area is 115 Å². The van der Waals surface area contributed by atoms with Crippen LogP contribution in [-0.4, -0.2) is 24.8 Å². The van der Waals surface area contributed by atoms with Crippen molar-refractivity contribution in [3.63, 3.8) is 0 Å². The maximum atomic E-state index is 5.44. The molecule has 1 aliphatic carbocycles. The van der Waals surface area contributed by atoms with E-state index in [1.54, 1.807) is 0 Å². The number of hydrogen-bond acceptors (Lipinski definition) is 3. The SMILES string of the molecule is CN(Cc1ccc2c(c1)OCO2)[C@H]1CC[C@H](C)CC1. The first-order chi connectivity index (χ1) is 9.22.